The summed E-state index contributed by atoms with van der Waals surface area (Å²) >= 11 is 0. The molecule has 0 aliphatic carbocycles. The van der Waals surface area contributed by atoms with Crippen molar-refractivity contribution < 1.29 is 4.58 Å². The minimum absolute atomic E-state index is 1.27. The molecule has 0 saturated heterocycles. The lowest BCUT2D eigenvalue weighted by Gasteiger charge is -1.98. The zero-order valence-corrected chi connectivity index (χ0v) is 7.90. The largest absolute Gasteiger partial charge is 0.237 e. The third-order valence-electron chi connectivity index (χ3n) is 2.53. The summed E-state index contributed by atoms with van der Waals surface area (Å²) < 4.78 is 2.59. The molecular formula is C10H20N+. The number of rotatable bonds is 4. The van der Waals surface area contributed by atoms with Crippen molar-refractivity contribution in [1.29, 1.82) is 0 Å². The number of hydrogen-bond donors (Lipinski definition) is 0. The van der Waals surface area contributed by atoms with Gasteiger partial charge in [-0.15, -0.1) is 0 Å². The maximum atomic E-state index is 2.59. The van der Waals surface area contributed by atoms with E-state index in [9.17, 15) is 0 Å². The fourth-order valence-electron chi connectivity index (χ4n) is 1.81. The first-order valence-electron chi connectivity index (χ1n) is 4.98. The third-order valence-corrected chi connectivity index (χ3v) is 2.53. The first kappa shape index (κ1) is 8.76. The Bertz CT molecular complexity index is 147. The zero-order valence-electron chi connectivity index (χ0n) is 7.90. The fraction of sp³-hybridized carbons (Fsp3) is 0.900. The van der Waals surface area contributed by atoms with E-state index >= 15 is 0 Å². The molecule has 1 aliphatic rings. The van der Waals surface area contributed by atoms with Gasteiger partial charge < -0.3 is 0 Å². The molecule has 0 atom stereocenters. The molecule has 1 heterocycles. The van der Waals surface area contributed by atoms with Crippen LogP contribution in [0.2, 0.25) is 0 Å². The molecule has 0 aromatic rings. The van der Waals surface area contributed by atoms with Crippen LogP contribution in [0.1, 0.15) is 46.0 Å². The van der Waals surface area contributed by atoms with Crippen LogP contribution in [0.25, 0.3) is 0 Å². The molecule has 0 amide bonds. The van der Waals surface area contributed by atoms with E-state index in [1.54, 1.807) is 5.71 Å². The van der Waals surface area contributed by atoms with Crippen LogP contribution in [0.5, 0.6) is 0 Å². The molecule has 0 aromatic heterocycles. The lowest BCUT2D eigenvalue weighted by atomic mass is 10.2. The highest BCUT2D eigenvalue weighted by Crippen LogP contribution is 2.07. The molecule has 1 rings (SSSR count). The van der Waals surface area contributed by atoms with Gasteiger partial charge in [-0.05, 0) is 0 Å². The molecule has 0 fully saturated rings. The Morgan fingerprint density at radius 3 is 2.82 bits per heavy atom. The van der Waals surface area contributed by atoms with Gasteiger partial charge in [0.25, 0.3) is 0 Å². The maximum Gasteiger partial charge on any atom is 0.152 e. The highest BCUT2D eigenvalue weighted by molar-refractivity contribution is 5.80. The third kappa shape index (κ3) is 2.32. The summed E-state index contributed by atoms with van der Waals surface area (Å²) in [4.78, 5) is 0. The van der Waals surface area contributed by atoms with Crippen molar-refractivity contribution in [3.8, 4) is 0 Å². The average molecular weight is 154 g/mol. The predicted molar refractivity (Wildman–Crippen MR) is 49.4 cm³/mol. The standard InChI is InChI=1S/C10H20N/c1-3-5-8-11-9-6-7-10(11)4-2/h3-9H2,1-2H3/q+1. The van der Waals surface area contributed by atoms with Crippen LogP contribution in [0.3, 0.4) is 0 Å². The highest BCUT2D eigenvalue weighted by Gasteiger charge is 2.18. The normalized spacial score (nSPS) is 18.0. The van der Waals surface area contributed by atoms with Crippen molar-refractivity contribution >= 4 is 5.71 Å². The molecular weight excluding hydrogens is 134 g/mol. The average Bonchev–Trinajstić information content (AvgIpc) is 2.47. The van der Waals surface area contributed by atoms with Crippen molar-refractivity contribution in [2.75, 3.05) is 13.1 Å². The molecule has 0 aromatic carbocycles. The maximum absolute atomic E-state index is 2.59. The molecule has 11 heavy (non-hydrogen) atoms. The smallest absolute Gasteiger partial charge is 0.152 e. The Labute approximate surface area is 70.1 Å². The van der Waals surface area contributed by atoms with Crippen LogP contribution in [0, 0.1) is 0 Å². The van der Waals surface area contributed by atoms with Gasteiger partial charge in [0.2, 0.25) is 0 Å². The topological polar surface area (TPSA) is 3.01 Å². The van der Waals surface area contributed by atoms with Crippen molar-refractivity contribution in [2.45, 2.75) is 46.0 Å². The highest BCUT2D eigenvalue weighted by atomic mass is 15.0. The van der Waals surface area contributed by atoms with Crippen LogP contribution in [0.4, 0.5) is 0 Å². The van der Waals surface area contributed by atoms with E-state index in [2.05, 4.69) is 18.4 Å². The van der Waals surface area contributed by atoms with Crippen molar-refractivity contribution in [2.24, 2.45) is 0 Å². The summed E-state index contributed by atoms with van der Waals surface area (Å²) in [5.41, 5.74) is 1.69. The van der Waals surface area contributed by atoms with Gasteiger partial charge in [-0.3, -0.25) is 0 Å². The summed E-state index contributed by atoms with van der Waals surface area (Å²) in [7, 11) is 0. The Hall–Kier alpha value is -0.330. The second-order valence-corrected chi connectivity index (χ2v) is 3.36. The van der Waals surface area contributed by atoms with Gasteiger partial charge in [0.05, 0.1) is 0 Å². The number of nitrogens with zero attached hydrogens (tertiary/aromatic N) is 1. The molecule has 1 heteroatoms. The molecule has 0 unspecified atom stereocenters. The second kappa shape index (κ2) is 4.53. The van der Waals surface area contributed by atoms with Crippen LogP contribution < -0.4 is 0 Å². The minimum atomic E-state index is 1.27. The second-order valence-electron chi connectivity index (χ2n) is 3.36. The first-order valence-corrected chi connectivity index (χ1v) is 4.98. The van der Waals surface area contributed by atoms with E-state index in [0.717, 1.165) is 0 Å². The van der Waals surface area contributed by atoms with E-state index in [0.29, 0.717) is 0 Å². The Balaban J connectivity index is 2.39. The molecule has 0 bridgehead atoms. The van der Waals surface area contributed by atoms with Crippen molar-refractivity contribution in [3.05, 3.63) is 0 Å². The number of hydrogen-bond acceptors (Lipinski definition) is 0. The van der Waals surface area contributed by atoms with Gasteiger partial charge in [0.1, 0.15) is 13.1 Å². The van der Waals surface area contributed by atoms with Crippen LogP contribution in [-0.4, -0.2) is 23.4 Å². The number of unbranched alkanes of at least 4 members (excludes halogenated alkanes) is 1. The Morgan fingerprint density at radius 1 is 1.36 bits per heavy atom. The van der Waals surface area contributed by atoms with Gasteiger partial charge >= 0.3 is 0 Å². The Morgan fingerprint density at radius 2 is 2.18 bits per heavy atom. The van der Waals surface area contributed by atoms with E-state index in [1.165, 1.54) is 45.2 Å². The van der Waals surface area contributed by atoms with Crippen molar-refractivity contribution in [1.82, 2.24) is 0 Å². The van der Waals surface area contributed by atoms with E-state index in [-0.39, 0.29) is 0 Å². The molecule has 0 N–H and O–H groups in total. The molecule has 64 valence electrons. The lowest BCUT2D eigenvalue weighted by molar-refractivity contribution is -0.521. The molecule has 1 aliphatic heterocycles. The van der Waals surface area contributed by atoms with Gasteiger partial charge in [0.15, 0.2) is 5.71 Å². The van der Waals surface area contributed by atoms with Crippen LogP contribution in [-0.2, 0) is 0 Å². The van der Waals surface area contributed by atoms with Crippen LogP contribution >= 0.6 is 0 Å². The monoisotopic (exact) mass is 154 g/mol. The molecule has 0 spiro atoms. The van der Waals surface area contributed by atoms with Gasteiger partial charge in [-0.2, -0.15) is 0 Å². The Kier molecular flexibility index (Phi) is 3.61. The summed E-state index contributed by atoms with van der Waals surface area (Å²) in [5.74, 6) is 0. The summed E-state index contributed by atoms with van der Waals surface area (Å²) in [5, 5.41) is 0. The predicted octanol–water partition coefficient (Wildman–Crippen LogP) is 2.44. The summed E-state index contributed by atoms with van der Waals surface area (Å²) in [6.45, 7) is 7.17. The summed E-state index contributed by atoms with van der Waals surface area (Å²) in [6.07, 6.45) is 6.72. The zero-order chi connectivity index (χ0) is 8.10. The van der Waals surface area contributed by atoms with E-state index < -0.39 is 0 Å². The lowest BCUT2D eigenvalue weighted by Crippen LogP contribution is -2.15. The van der Waals surface area contributed by atoms with Gasteiger partial charge in [-0.25, -0.2) is 4.58 Å². The minimum Gasteiger partial charge on any atom is -0.237 e. The van der Waals surface area contributed by atoms with Crippen LogP contribution in [0.15, 0.2) is 0 Å². The van der Waals surface area contributed by atoms with Gasteiger partial charge in [-0.1, -0.05) is 20.3 Å². The molecule has 0 saturated carbocycles. The molecule has 1 nitrogen and oxygen atoms in total. The fourth-order valence-corrected chi connectivity index (χ4v) is 1.81. The van der Waals surface area contributed by atoms with E-state index in [4.69, 9.17) is 0 Å². The van der Waals surface area contributed by atoms with Gasteiger partial charge in [0, 0.05) is 25.7 Å². The van der Waals surface area contributed by atoms with E-state index in [1.807, 2.05) is 0 Å². The molecule has 0 radical (unpaired) electrons. The summed E-state index contributed by atoms with van der Waals surface area (Å²) in [6, 6.07) is 0. The SMILES string of the molecule is CCCC[N+]1=C(CC)CCC1. The van der Waals surface area contributed by atoms with Crippen molar-refractivity contribution in [3.63, 3.8) is 0 Å². The quantitative estimate of drug-likeness (QED) is 0.547. The first-order chi connectivity index (χ1) is 5.38.